The van der Waals surface area contributed by atoms with E-state index in [0.717, 1.165) is 53.5 Å². The average Bonchev–Trinajstić information content (AvgIpc) is 3.63. The van der Waals surface area contributed by atoms with E-state index in [9.17, 15) is 25.2 Å². The number of hydrogen-bond donors (Lipinski definition) is 6. The van der Waals surface area contributed by atoms with Gasteiger partial charge in [0.15, 0.2) is 25.1 Å². The Labute approximate surface area is 278 Å². The second-order valence-corrected chi connectivity index (χ2v) is 13.1. The molecule has 1 fully saturated rings. The molecule has 3 aromatic carbocycles. The van der Waals surface area contributed by atoms with E-state index in [0.29, 0.717) is 29.4 Å². The number of benzene rings is 3. The number of allylic oxidation sites excluding steroid dienone is 2. The molecule has 7 rings (SSSR count). The van der Waals surface area contributed by atoms with Crippen LogP contribution in [0.25, 0.3) is 11.1 Å². The zero-order valence-corrected chi connectivity index (χ0v) is 26.6. The zero-order chi connectivity index (χ0) is 33.6. The third kappa shape index (κ3) is 5.72. The number of nitrogens with two attached hydrogens (primary N) is 1. The van der Waals surface area contributed by atoms with Crippen LogP contribution < -0.4 is 25.3 Å². The summed E-state index contributed by atoms with van der Waals surface area (Å²) < 4.78 is 23.5. The van der Waals surface area contributed by atoms with Crippen molar-refractivity contribution in [1.29, 1.82) is 0 Å². The van der Waals surface area contributed by atoms with E-state index >= 15 is 0 Å². The Morgan fingerprint density at radius 2 is 1.90 bits per heavy atom. The van der Waals surface area contributed by atoms with Gasteiger partial charge in [0.25, 0.3) is 0 Å². The quantitative estimate of drug-likeness (QED) is 0.141. The summed E-state index contributed by atoms with van der Waals surface area (Å²) in [7, 11) is 0. The number of carbonyl (C=O) groups excluding carboxylic acids is 1. The summed E-state index contributed by atoms with van der Waals surface area (Å²) in [5, 5.41) is 43.4. The van der Waals surface area contributed by atoms with Gasteiger partial charge in [0, 0.05) is 41.3 Å². The van der Waals surface area contributed by atoms with Crippen molar-refractivity contribution in [3.8, 4) is 39.9 Å². The van der Waals surface area contributed by atoms with Crippen molar-refractivity contribution in [2.75, 3.05) is 20.2 Å². The van der Waals surface area contributed by atoms with Crippen LogP contribution in [0.3, 0.4) is 0 Å². The maximum atomic E-state index is 12.0. The van der Waals surface area contributed by atoms with Crippen molar-refractivity contribution < 1.29 is 44.2 Å². The maximum Gasteiger partial charge on any atom is 0.302 e. The summed E-state index contributed by atoms with van der Waals surface area (Å²) in [6.45, 7) is 0.276. The fraction of sp³-hybridized carbons (Fsp3) is 0.378. The molecule has 252 valence electrons. The number of fused-ring (bicyclic) bond motifs is 6. The smallest absolute Gasteiger partial charge is 0.302 e. The van der Waals surface area contributed by atoms with Crippen molar-refractivity contribution in [2.45, 2.75) is 62.6 Å². The molecule has 11 nitrogen and oxygen atoms in total. The predicted molar refractivity (Wildman–Crippen MR) is 175 cm³/mol. The van der Waals surface area contributed by atoms with Gasteiger partial charge in [-0.2, -0.15) is 0 Å². The molecule has 7 N–H and O–H groups in total. The molecule has 2 aliphatic heterocycles. The van der Waals surface area contributed by atoms with Crippen LogP contribution in [0.1, 0.15) is 66.9 Å². The van der Waals surface area contributed by atoms with Gasteiger partial charge in [-0.05, 0) is 84.6 Å². The minimum atomic E-state index is -0.612. The molecule has 2 heterocycles. The molecule has 1 saturated carbocycles. The standard InChI is InChI=1S/C37H40N2O9/c1-20(42)45-17-28-26-4-5-27-33-24(11-25(43)13-31(33)47-19-41)15-37(9-8-21(14-37)10-22-2-7-32(38)39-16-22)34(27)36(26)48-35(28)23-3-6-29(44)30(12-23)46-18-40/h2-7,11-13,16,21,28,32,35,39-41,43-44H,8-10,14-15,17-19,38H2,1H3. The lowest BCUT2D eigenvalue weighted by molar-refractivity contribution is -0.141. The van der Waals surface area contributed by atoms with E-state index < -0.39 is 25.7 Å². The molecule has 0 amide bonds. The van der Waals surface area contributed by atoms with Crippen LogP contribution in [0.4, 0.5) is 0 Å². The Balaban J connectivity index is 1.36. The molecule has 0 saturated heterocycles. The van der Waals surface area contributed by atoms with E-state index in [-0.39, 0.29) is 41.4 Å². The van der Waals surface area contributed by atoms with Gasteiger partial charge in [-0.25, -0.2) is 0 Å². The highest BCUT2D eigenvalue weighted by Gasteiger charge is 2.50. The Hall–Kier alpha value is -4.71. The van der Waals surface area contributed by atoms with E-state index in [2.05, 4.69) is 11.4 Å². The summed E-state index contributed by atoms with van der Waals surface area (Å²) >= 11 is 0. The van der Waals surface area contributed by atoms with Crippen LogP contribution in [-0.2, 0) is 21.4 Å². The van der Waals surface area contributed by atoms with Gasteiger partial charge in [0.2, 0.25) is 0 Å². The van der Waals surface area contributed by atoms with E-state index in [1.165, 1.54) is 24.6 Å². The molecule has 3 aromatic rings. The molecule has 4 aliphatic rings. The minimum absolute atomic E-state index is 0.0669. The molecule has 1 spiro atoms. The molecule has 0 aromatic heterocycles. The number of aromatic hydroxyl groups is 2. The Kier molecular flexibility index (Phi) is 8.44. The number of phenolic OH excluding ortho intramolecular Hbond substituents is 2. The number of esters is 1. The number of phenols is 2. The highest BCUT2D eigenvalue weighted by Crippen LogP contribution is 2.62. The molecule has 48 heavy (non-hydrogen) atoms. The highest BCUT2D eigenvalue weighted by atomic mass is 16.6. The number of hydrogen-bond acceptors (Lipinski definition) is 11. The van der Waals surface area contributed by atoms with Gasteiger partial charge in [0.05, 0.1) is 12.1 Å². The molecule has 0 radical (unpaired) electrons. The molecule has 5 atom stereocenters. The number of aliphatic hydroxyl groups is 2. The van der Waals surface area contributed by atoms with Crippen LogP contribution in [0, 0.1) is 5.92 Å². The average molecular weight is 657 g/mol. The first-order valence-electron chi connectivity index (χ1n) is 16.2. The molecule has 5 unspecified atom stereocenters. The van der Waals surface area contributed by atoms with E-state index in [1.54, 1.807) is 18.2 Å². The fourth-order valence-electron chi connectivity index (χ4n) is 8.23. The first-order valence-corrected chi connectivity index (χ1v) is 16.2. The van der Waals surface area contributed by atoms with E-state index in [4.69, 9.17) is 24.7 Å². The third-order valence-corrected chi connectivity index (χ3v) is 10.1. The SMILES string of the molecule is CC(=O)OCC1c2ccc3c(c2OC1c1ccc(O)c(OCO)c1)C1(CCC(CC2=CNC(N)C=C2)C1)Cc1cc(O)cc(OCO)c1-3. The van der Waals surface area contributed by atoms with Crippen LogP contribution in [0.15, 0.2) is 66.4 Å². The Morgan fingerprint density at radius 1 is 1.08 bits per heavy atom. The lowest BCUT2D eigenvalue weighted by atomic mass is 9.65. The largest absolute Gasteiger partial charge is 0.508 e. The number of ether oxygens (including phenoxy) is 4. The topological polar surface area (TPSA) is 173 Å². The summed E-state index contributed by atoms with van der Waals surface area (Å²) in [6, 6.07) is 12.2. The van der Waals surface area contributed by atoms with Crippen LogP contribution in [-0.4, -0.2) is 52.8 Å². The number of aliphatic hydroxyl groups excluding tert-OH is 2. The van der Waals surface area contributed by atoms with Crippen LogP contribution in [0.5, 0.6) is 28.7 Å². The lowest BCUT2D eigenvalue weighted by Crippen LogP contribution is -2.33. The van der Waals surface area contributed by atoms with Crippen molar-refractivity contribution in [1.82, 2.24) is 5.32 Å². The first-order chi connectivity index (χ1) is 23.2. The molecular weight excluding hydrogens is 616 g/mol. The maximum absolute atomic E-state index is 12.0. The molecule has 2 aliphatic carbocycles. The van der Waals surface area contributed by atoms with Gasteiger partial charge in [0.1, 0.15) is 30.0 Å². The Morgan fingerprint density at radius 3 is 2.65 bits per heavy atom. The molecular formula is C37H40N2O9. The van der Waals surface area contributed by atoms with Gasteiger partial charge in [-0.3, -0.25) is 4.79 Å². The lowest BCUT2D eigenvalue weighted by Gasteiger charge is -2.39. The summed E-state index contributed by atoms with van der Waals surface area (Å²) in [4.78, 5) is 12.0. The van der Waals surface area contributed by atoms with Gasteiger partial charge >= 0.3 is 5.97 Å². The van der Waals surface area contributed by atoms with E-state index in [1.807, 2.05) is 24.4 Å². The number of rotatable bonds is 9. The molecule has 11 heteroatoms. The Bertz CT molecular complexity index is 1800. The summed E-state index contributed by atoms with van der Waals surface area (Å²) in [5.41, 5.74) is 12.1. The van der Waals surface area contributed by atoms with Crippen molar-refractivity contribution >= 4 is 5.97 Å². The fourth-order valence-corrected chi connectivity index (χ4v) is 8.23. The van der Waals surface area contributed by atoms with Gasteiger partial charge in [-0.15, -0.1) is 0 Å². The van der Waals surface area contributed by atoms with Crippen LogP contribution in [0.2, 0.25) is 0 Å². The van der Waals surface area contributed by atoms with Gasteiger partial charge in [-0.1, -0.05) is 24.3 Å². The van der Waals surface area contributed by atoms with Crippen molar-refractivity contribution in [2.24, 2.45) is 11.7 Å². The summed E-state index contributed by atoms with van der Waals surface area (Å²) in [5.74, 6) is 0.737. The predicted octanol–water partition coefficient (Wildman–Crippen LogP) is 4.51. The van der Waals surface area contributed by atoms with Crippen molar-refractivity contribution in [3.05, 3.63) is 88.6 Å². The number of nitrogens with one attached hydrogen (secondary N) is 1. The second kappa shape index (κ2) is 12.7. The van der Waals surface area contributed by atoms with Gasteiger partial charge < -0.3 is 50.4 Å². The third-order valence-electron chi connectivity index (χ3n) is 10.1. The second-order valence-electron chi connectivity index (χ2n) is 13.1. The number of dihydropyridines is 1. The number of carbonyl (C=O) groups is 1. The van der Waals surface area contributed by atoms with Crippen LogP contribution >= 0.6 is 0 Å². The zero-order valence-electron chi connectivity index (χ0n) is 26.6. The monoisotopic (exact) mass is 656 g/mol. The van der Waals surface area contributed by atoms with Crippen molar-refractivity contribution in [3.63, 3.8) is 0 Å². The highest BCUT2D eigenvalue weighted by molar-refractivity contribution is 5.84. The first kappa shape index (κ1) is 31.9. The molecule has 0 bridgehead atoms. The minimum Gasteiger partial charge on any atom is -0.508 e. The normalized spacial score (nSPS) is 25.0. The summed E-state index contributed by atoms with van der Waals surface area (Å²) in [6.07, 6.45) is 9.50.